The van der Waals surface area contributed by atoms with Crippen molar-refractivity contribution in [3.05, 3.63) is 23.5 Å². The second-order valence-electron chi connectivity index (χ2n) is 2.64. The van der Waals surface area contributed by atoms with Gasteiger partial charge in [-0.15, -0.1) is 13.2 Å². The van der Waals surface area contributed by atoms with Crippen LogP contribution in [0.3, 0.4) is 0 Å². The summed E-state index contributed by atoms with van der Waals surface area (Å²) in [5.41, 5.74) is -0.279. The van der Waals surface area contributed by atoms with E-state index in [1.165, 1.54) is 12.1 Å². The normalized spacial score (nSPS) is 10.3. The van der Waals surface area contributed by atoms with E-state index < -0.39 is 17.8 Å². The highest BCUT2D eigenvalue weighted by molar-refractivity contribution is 5.38. The largest absolute Gasteiger partial charge is 0.573 e. The van der Waals surface area contributed by atoms with Crippen LogP contribution in [0.2, 0.25) is 0 Å². The minimum absolute atomic E-state index is 0.0824. The Balaban J connectivity index is 3.05. The Morgan fingerprint density at radius 2 is 2.00 bits per heavy atom. The molecule has 1 heterocycles. The fourth-order valence-electron chi connectivity index (χ4n) is 0.953. The number of halogens is 3. The summed E-state index contributed by atoms with van der Waals surface area (Å²) in [7, 11) is 0. The van der Waals surface area contributed by atoms with Crippen LogP contribution in [0.5, 0.6) is 5.75 Å². The SMILES string of the molecule is N#CCc1ccc(OC(F)(F)F)c(C#N)n1. The number of hydrogen-bond donors (Lipinski definition) is 0. The van der Waals surface area contributed by atoms with Crippen molar-refractivity contribution in [1.82, 2.24) is 4.98 Å². The van der Waals surface area contributed by atoms with Crippen LogP contribution in [0.1, 0.15) is 11.4 Å². The number of nitrogens with zero attached hydrogens (tertiary/aromatic N) is 3. The van der Waals surface area contributed by atoms with Crippen molar-refractivity contribution in [1.29, 1.82) is 10.5 Å². The van der Waals surface area contributed by atoms with Crippen LogP contribution in [0.15, 0.2) is 12.1 Å². The molecule has 0 aliphatic carbocycles. The van der Waals surface area contributed by atoms with Gasteiger partial charge < -0.3 is 4.74 Å². The molecule has 0 saturated carbocycles. The maximum atomic E-state index is 11.9. The van der Waals surface area contributed by atoms with Gasteiger partial charge >= 0.3 is 6.36 Å². The van der Waals surface area contributed by atoms with E-state index in [0.29, 0.717) is 0 Å². The van der Waals surface area contributed by atoms with E-state index in [4.69, 9.17) is 10.5 Å². The fraction of sp³-hybridized carbons (Fsp3) is 0.222. The summed E-state index contributed by atoms with van der Waals surface area (Å²) in [6.07, 6.45) is -4.95. The van der Waals surface area contributed by atoms with Crippen LogP contribution < -0.4 is 4.74 Å². The number of pyridine rings is 1. The summed E-state index contributed by atoms with van der Waals surface area (Å²) in [4.78, 5) is 3.56. The summed E-state index contributed by atoms with van der Waals surface area (Å²) < 4.78 is 39.3. The lowest BCUT2D eigenvalue weighted by atomic mass is 10.2. The highest BCUT2D eigenvalue weighted by Gasteiger charge is 2.32. The molecule has 0 saturated heterocycles. The second kappa shape index (κ2) is 4.49. The molecule has 7 heteroatoms. The van der Waals surface area contributed by atoms with Crippen molar-refractivity contribution in [2.45, 2.75) is 12.8 Å². The van der Waals surface area contributed by atoms with E-state index in [1.807, 2.05) is 0 Å². The number of alkyl halides is 3. The molecule has 0 aromatic carbocycles. The van der Waals surface area contributed by atoms with Crippen LogP contribution in [0.25, 0.3) is 0 Å². The quantitative estimate of drug-likeness (QED) is 0.773. The van der Waals surface area contributed by atoms with Crippen molar-refractivity contribution in [3.8, 4) is 17.9 Å². The van der Waals surface area contributed by atoms with Gasteiger partial charge in [-0.25, -0.2) is 4.98 Å². The lowest BCUT2D eigenvalue weighted by molar-refractivity contribution is -0.274. The van der Waals surface area contributed by atoms with Crippen LogP contribution in [0, 0.1) is 22.7 Å². The fourth-order valence-corrected chi connectivity index (χ4v) is 0.953. The second-order valence-corrected chi connectivity index (χ2v) is 2.64. The highest BCUT2D eigenvalue weighted by Crippen LogP contribution is 2.25. The summed E-state index contributed by atoms with van der Waals surface area (Å²) >= 11 is 0. The Hall–Kier alpha value is -2.28. The molecular weight excluding hydrogens is 223 g/mol. The van der Waals surface area contributed by atoms with Crippen molar-refractivity contribution in [3.63, 3.8) is 0 Å². The lowest BCUT2D eigenvalue weighted by Crippen LogP contribution is -2.18. The predicted molar refractivity (Wildman–Crippen MR) is 45.0 cm³/mol. The third kappa shape index (κ3) is 3.14. The lowest BCUT2D eigenvalue weighted by Gasteiger charge is -2.09. The molecule has 4 nitrogen and oxygen atoms in total. The summed E-state index contributed by atoms with van der Waals surface area (Å²) in [6, 6.07) is 5.40. The van der Waals surface area contributed by atoms with Crippen LogP contribution in [-0.2, 0) is 6.42 Å². The number of aromatic nitrogens is 1. The number of rotatable bonds is 2. The van der Waals surface area contributed by atoms with Gasteiger partial charge in [0.15, 0.2) is 11.4 Å². The van der Waals surface area contributed by atoms with Crippen LogP contribution in [0.4, 0.5) is 13.2 Å². The number of hydrogen-bond acceptors (Lipinski definition) is 4. The Morgan fingerprint density at radius 3 is 2.50 bits per heavy atom. The zero-order valence-corrected chi connectivity index (χ0v) is 7.75. The van der Waals surface area contributed by atoms with E-state index in [9.17, 15) is 13.2 Å². The van der Waals surface area contributed by atoms with Crippen LogP contribution in [-0.4, -0.2) is 11.3 Å². The minimum atomic E-state index is -4.87. The maximum Gasteiger partial charge on any atom is 0.573 e. The van der Waals surface area contributed by atoms with Gasteiger partial charge in [-0.1, -0.05) is 0 Å². The zero-order valence-electron chi connectivity index (χ0n) is 7.75. The Kier molecular flexibility index (Phi) is 3.31. The minimum Gasteiger partial charge on any atom is -0.403 e. The van der Waals surface area contributed by atoms with Crippen LogP contribution >= 0.6 is 0 Å². The first-order valence-corrected chi connectivity index (χ1v) is 3.99. The third-order valence-corrected chi connectivity index (χ3v) is 1.51. The molecule has 0 amide bonds. The van der Waals surface area contributed by atoms with Gasteiger partial charge in [0.25, 0.3) is 0 Å². The Morgan fingerprint density at radius 1 is 1.31 bits per heavy atom. The molecule has 82 valence electrons. The molecule has 1 aromatic heterocycles. The smallest absolute Gasteiger partial charge is 0.403 e. The van der Waals surface area contributed by atoms with E-state index in [1.54, 1.807) is 6.07 Å². The van der Waals surface area contributed by atoms with Gasteiger partial charge in [-0.2, -0.15) is 10.5 Å². The molecule has 0 N–H and O–H groups in total. The molecule has 1 rings (SSSR count). The Labute approximate surface area is 88.5 Å². The molecule has 0 unspecified atom stereocenters. The van der Waals surface area contributed by atoms with E-state index in [0.717, 1.165) is 6.07 Å². The van der Waals surface area contributed by atoms with Gasteiger partial charge in [-0.05, 0) is 12.1 Å². The van der Waals surface area contributed by atoms with Crippen molar-refractivity contribution >= 4 is 0 Å². The van der Waals surface area contributed by atoms with Gasteiger partial charge in [0.05, 0.1) is 18.2 Å². The first kappa shape index (κ1) is 11.8. The summed E-state index contributed by atoms with van der Waals surface area (Å²) in [6.45, 7) is 0. The van der Waals surface area contributed by atoms with Gasteiger partial charge in [0, 0.05) is 0 Å². The summed E-state index contributed by atoms with van der Waals surface area (Å²) in [5.74, 6) is -0.670. The molecule has 0 aliphatic heterocycles. The molecule has 0 bridgehead atoms. The molecule has 1 aromatic rings. The van der Waals surface area contributed by atoms with Crippen molar-refractivity contribution < 1.29 is 17.9 Å². The Bertz CT molecular complexity index is 470. The maximum absolute atomic E-state index is 11.9. The number of ether oxygens (including phenoxy) is 1. The van der Waals surface area contributed by atoms with Gasteiger partial charge in [0.1, 0.15) is 6.07 Å². The van der Waals surface area contributed by atoms with E-state index in [2.05, 4.69) is 9.72 Å². The van der Waals surface area contributed by atoms with E-state index in [-0.39, 0.29) is 12.1 Å². The number of nitriles is 2. The van der Waals surface area contributed by atoms with Gasteiger partial charge in [-0.3, -0.25) is 0 Å². The first-order valence-electron chi connectivity index (χ1n) is 3.99. The molecule has 0 atom stereocenters. The van der Waals surface area contributed by atoms with Crippen molar-refractivity contribution in [2.24, 2.45) is 0 Å². The first-order chi connectivity index (χ1) is 7.46. The average Bonchev–Trinajstić information content (AvgIpc) is 2.18. The van der Waals surface area contributed by atoms with Crippen molar-refractivity contribution in [2.75, 3.05) is 0 Å². The summed E-state index contributed by atoms with van der Waals surface area (Å²) in [5, 5.41) is 16.9. The molecule has 0 fully saturated rings. The zero-order chi connectivity index (χ0) is 12.2. The molecular formula is C9H4F3N3O. The molecule has 0 spiro atoms. The third-order valence-electron chi connectivity index (χ3n) is 1.51. The standard InChI is InChI=1S/C9H4F3N3O/c10-9(11,12)16-8-2-1-6(3-4-13)15-7(8)5-14/h1-2H,3H2. The highest BCUT2D eigenvalue weighted by atomic mass is 19.4. The predicted octanol–water partition coefficient (Wildman–Crippen LogP) is 1.92. The van der Waals surface area contributed by atoms with Gasteiger partial charge in [0.2, 0.25) is 0 Å². The molecule has 0 aliphatic rings. The topological polar surface area (TPSA) is 69.7 Å². The van der Waals surface area contributed by atoms with E-state index >= 15 is 0 Å². The average molecular weight is 227 g/mol. The monoisotopic (exact) mass is 227 g/mol. The molecule has 0 radical (unpaired) electrons. The molecule has 16 heavy (non-hydrogen) atoms.